The van der Waals surface area contributed by atoms with Gasteiger partial charge in [0.05, 0.1) is 6.61 Å². The normalized spacial score (nSPS) is 11.2. The second-order valence-corrected chi connectivity index (χ2v) is 3.65. The maximum absolute atomic E-state index is 12.7. The van der Waals surface area contributed by atoms with E-state index in [4.69, 9.17) is 4.74 Å². The smallest absolute Gasteiger partial charge is 0.295 e. The summed E-state index contributed by atoms with van der Waals surface area (Å²) in [5.74, 6) is -0.829. The Hall–Kier alpha value is -1.91. The van der Waals surface area contributed by atoms with Crippen LogP contribution in [0.15, 0.2) is 29.3 Å². The average Bonchev–Trinajstić information content (AvgIpc) is 2.38. The molecule has 0 saturated heterocycles. The third-order valence-electron chi connectivity index (χ3n) is 2.36. The fourth-order valence-electron chi connectivity index (χ4n) is 1.24. The highest BCUT2D eigenvalue weighted by Gasteiger charge is 2.10. The summed E-state index contributed by atoms with van der Waals surface area (Å²) in [5.41, 5.74) is 0.332. The number of benzene rings is 1. The maximum atomic E-state index is 12.7. The molecule has 5 heteroatoms. The number of carbonyl (C=O) groups is 1. The molecule has 18 heavy (non-hydrogen) atoms. The number of amidine groups is 1. The molecule has 1 aromatic rings. The lowest BCUT2D eigenvalue weighted by molar-refractivity contribution is 0.0995. The van der Waals surface area contributed by atoms with Gasteiger partial charge in [-0.1, -0.05) is 0 Å². The number of ether oxygens (including phenoxy) is 1. The zero-order valence-electron chi connectivity index (χ0n) is 10.8. The van der Waals surface area contributed by atoms with Gasteiger partial charge < -0.3 is 9.64 Å². The molecule has 1 rings (SSSR count). The van der Waals surface area contributed by atoms with Crippen LogP contribution in [0, 0.1) is 5.82 Å². The van der Waals surface area contributed by atoms with Crippen molar-refractivity contribution in [1.29, 1.82) is 0 Å². The van der Waals surface area contributed by atoms with Crippen molar-refractivity contribution in [3.63, 3.8) is 0 Å². The van der Waals surface area contributed by atoms with Crippen molar-refractivity contribution < 1.29 is 13.9 Å². The van der Waals surface area contributed by atoms with Gasteiger partial charge in [0.2, 0.25) is 0 Å². The summed E-state index contributed by atoms with van der Waals surface area (Å²) in [7, 11) is 1.78. The molecule has 0 saturated carbocycles. The lowest BCUT2D eigenvalue weighted by Crippen LogP contribution is -2.29. The van der Waals surface area contributed by atoms with Gasteiger partial charge in [-0.15, -0.1) is 0 Å². The van der Waals surface area contributed by atoms with Crippen LogP contribution < -0.4 is 0 Å². The predicted octanol–water partition coefficient (Wildman–Crippen LogP) is 2.31. The molecular weight excluding hydrogens is 235 g/mol. The molecule has 0 N–H and O–H groups in total. The highest BCUT2D eigenvalue weighted by atomic mass is 19.1. The maximum Gasteiger partial charge on any atom is 0.295 e. The number of rotatable bonds is 3. The molecule has 1 aromatic carbocycles. The van der Waals surface area contributed by atoms with Crippen molar-refractivity contribution in [3.05, 3.63) is 35.6 Å². The van der Waals surface area contributed by atoms with E-state index in [-0.39, 0.29) is 11.8 Å². The Kier molecular flexibility index (Phi) is 5.30. The molecular formula is C13H17FN2O2. The number of hydrogen-bond donors (Lipinski definition) is 0. The van der Waals surface area contributed by atoms with E-state index < -0.39 is 5.91 Å². The number of nitrogens with zero attached hydrogens (tertiary/aromatic N) is 2. The SMILES string of the molecule is CCOC(=NC(=O)c1ccc(F)cc1)N(C)CC. The molecule has 0 bridgehead atoms. The Bertz CT molecular complexity index is 429. The Morgan fingerprint density at radius 1 is 1.33 bits per heavy atom. The van der Waals surface area contributed by atoms with Crippen molar-refractivity contribution in [2.75, 3.05) is 20.2 Å². The fourth-order valence-corrected chi connectivity index (χ4v) is 1.24. The van der Waals surface area contributed by atoms with E-state index in [0.717, 1.165) is 0 Å². The third kappa shape index (κ3) is 3.84. The molecule has 0 aromatic heterocycles. The quantitative estimate of drug-likeness (QED) is 0.612. The molecule has 0 unspecified atom stereocenters. The van der Waals surface area contributed by atoms with E-state index >= 15 is 0 Å². The number of halogens is 1. The van der Waals surface area contributed by atoms with Gasteiger partial charge >= 0.3 is 0 Å². The molecule has 0 spiro atoms. The largest absolute Gasteiger partial charge is 0.465 e. The van der Waals surface area contributed by atoms with Gasteiger partial charge in [0.15, 0.2) is 0 Å². The predicted molar refractivity (Wildman–Crippen MR) is 68.1 cm³/mol. The first-order valence-corrected chi connectivity index (χ1v) is 5.81. The third-order valence-corrected chi connectivity index (χ3v) is 2.36. The van der Waals surface area contributed by atoms with Gasteiger partial charge in [0.25, 0.3) is 11.9 Å². The second kappa shape index (κ2) is 6.74. The molecule has 1 amide bonds. The van der Waals surface area contributed by atoms with Gasteiger partial charge in [0, 0.05) is 19.2 Å². The van der Waals surface area contributed by atoms with Gasteiger partial charge in [-0.2, -0.15) is 4.99 Å². The van der Waals surface area contributed by atoms with Gasteiger partial charge in [-0.25, -0.2) is 4.39 Å². The Labute approximate surface area is 106 Å². The first-order valence-electron chi connectivity index (χ1n) is 5.81. The molecule has 0 fully saturated rings. The van der Waals surface area contributed by atoms with Crippen LogP contribution in [0.1, 0.15) is 24.2 Å². The highest BCUT2D eigenvalue weighted by molar-refractivity contribution is 6.01. The molecule has 4 nitrogen and oxygen atoms in total. The van der Waals surface area contributed by atoms with Crippen LogP contribution in [0.5, 0.6) is 0 Å². The zero-order valence-corrected chi connectivity index (χ0v) is 10.8. The number of amides is 1. The molecule has 0 aliphatic rings. The number of carbonyl (C=O) groups excluding carboxylic acids is 1. The van der Waals surface area contributed by atoms with Crippen molar-refractivity contribution >= 4 is 11.9 Å². The van der Waals surface area contributed by atoms with Crippen molar-refractivity contribution in [2.45, 2.75) is 13.8 Å². The highest BCUT2D eigenvalue weighted by Crippen LogP contribution is 2.05. The number of aliphatic imine (C=N–C) groups is 1. The van der Waals surface area contributed by atoms with Crippen LogP contribution in [-0.4, -0.2) is 37.0 Å². The Balaban J connectivity index is 2.90. The van der Waals surface area contributed by atoms with Crippen LogP contribution in [0.4, 0.5) is 4.39 Å². The second-order valence-electron chi connectivity index (χ2n) is 3.65. The van der Waals surface area contributed by atoms with E-state index in [2.05, 4.69) is 4.99 Å². The zero-order chi connectivity index (χ0) is 13.5. The molecule has 0 radical (unpaired) electrons. The minimum Gasteiger partial charge on any atom is -0.465 e. The lowest BCUT2D eigenvalue weighted by atomic mass is 10.2. The fraction of sp³-hybridized carbons (Fsp3) is 0.385. The average molecular weight is 252 g/mol. The van der Waals surface area contributed by atoms with Crippen LogP contribution in [0.2, 0.25) is 0 Å². The Morgan fingerprint density at radius 2 is 1.94 bits per heavy atom. The van der Waals surface area contributed by atoms with Crippen LogP contribution in [-0.2, 0) is 4.74 Å². The van der Waals surface area contributed by atoms with E-state index in [9.17, 15) is 9.18 Å². The van der Waals surface area contributed by atoms with Gasteiger partial charge in [-0.3, -0.25) is 4.79 Å². The topological polar surface area (TPSA) is 41.9 Å². The minimum atomic E-state index is -0.446. The lowest BCUT2D eigenvalue weighted by Gasteiger charge is -2.18. The first kappa shape index (κ1) is 14.2. The summed E-state index contributed by atoms with van der Waals surface area (Å²) in [6, 6.07) is 5.53. The van der Waals surface area contributed by atoms with Crippen LogP contribution in [0.25, 0.3) is 0 Å². The van der Waals surface area contributed by atoms with Crippen LogP contribution in [0.3, 0.4) is 0 Å². The summed E-state index contributed by atoms with van der Waals surface area (Å²) in [4.78, 5) is 17.5. The number of hydrogen-bond acceptors (Lipinski definition) is 2. The van der Waals surface area contributed by atoms with Crippen molar-refractivity contribution in [3.8, 4) is 0 Å². The summed E-state index contributed by atoms with van der Waals surface area (Å²) in [6.07, 6.45) is 0. The van der Waals surface area contributed by atoms with Crippen molar-refractivity contribution in [2.24, 2.45) is 4.99 Å². The summed E-state index contributed by atoms with van der Waals surface area (Å²) < 4.78 is 18.0. The van der Waals surface area contributed by atoms with Gasteiger partial charge in [0.1, 0.15) is 5.82 Å². The molecule has 0 atom stereocenters. The van der Waals surface area contributed by atoms with Crippen molar-refractivity contribution in [1.82, 2.24) is 4.90 Å². The summed E-state index contributed by atoms with van der Waals surface area (Å²) >= 11 is 0. The molecule has 0 aliphatic carbocycles. The first-order chi connectivity index (χ1) is 8.58. The monoisotopic (exact) mass is 252 g/mol. The van der Waals surface area contributed by atoms with E-state index in [1.165, 1.54) is 24.3 Å². The van der Waals surface area contributed by atoms with Gasteiger partial charge in [-0.05, 0) is 38.1 Å². The summed E-state index contributed by atoms with van der Waals surface area (Å²) in [6.45, 7) is 4.85. The Morgan fingerprint density at radius 3 is 2.44 bits per heavy atom. The molecule has 98 valence electrons. The minimum absolute atomic E-state index is 0.273. The van der Waals surface area contributed by atoms with E-state index in [0.29, 0.717) is 18.7 Å². The van der Waals surface area contributed by atoms with Crippen LogP contribution >= 0.6 is 0 Å². The van der Waals surface area contributed by atoms with E-state index in [1.807, 2.05) is 13.8 Å². The standard InChI is InChI=1S/C13H17FN2O2/c1-4-16(3)13(18-5-2)15-12(17)10-6-8-11(14)9-7-10/h6-9H,4-5H2,1-3H3. The van der Waals surface area contributed by atoms with E-state index in [1.54, 1.807) is 11.9 Å². The molecule has 0 aliphatic heterocycles. The summed E-state index contributed by atoms with van der Waals surface area (Å²) in [5, 5.41) is 0. The molecule has 0 heterocycles.